The van der Waals surface area contributed by atoms with E-state index in [2.05, 4.69) is 15.5 Å². The first-order valence-electron chi connectivity index (χ1n) is 6.13. The number of carbonyl (C=O) groups excluding carboxylic acids is 1. The van der Waals surface area contributed by atoms with Crippen LogP contribution in [-0.4, -0.2) is 51.0 Å². The molecule has 2 N–H and O–H groups in total. The smallest absolute Gasteiger partial charge is 0.273 e. The zero-order valence-electron chi connectivity index (χ0n) is 11.5. The predicted molar refractivity (Wildman–Crippen MR) is 77.7 cm³/mol. The van der Waals surface area contributed by atoms with Crippen LogP contribution in [0, 0.1) is 0 Å². The van der Waals surface area contributed by atoms with Crippen molar-refractivity contribution in [2.45, 2.75) is 25.2 Å². The van der Waals surface area contributed by atoms with E-state index in [0.29, 0.717) is 6.42 Å². The Morgan fingerprint density at radius 1 is 1.29 bits per heavy atom. The van der Waals surface area contributed by atoms with Crippen molar-refractivity contribution in [1.29, 1.82) is 0 Å². The minimum atomic E-state index is -4.14. The monoisotopic (exact) mass is 357 g/mol. The Labute approximate surface area is 127 Å². The van der Waals surface area contributed by atoms with Gasteiger partial charge in [-0.15, -0.1) is 0 Å². The maximum Gasteiger partial charge on any atom is 0.273 e. The van der Waals surface area contributed by atoms with E-state index in [0.717, 1.165) is 0 Å². The molecule has 0 saturated carbocycles. The summed E-state index contributed by atoms with van der Waals surface area (Å²) in [5.74, 6) is -1.06. The molecule has 8 nitrogen and oxygen atoms in total. The summed E-state index contributed by atoms with van der Waals surface area (Å²) in [7, 11) is -2.06. The van der Waals surface area contributed by atoms with Crippen LogP contribution < -0.4 is 5.32 Å². The third-order valence-electron chi connectivity index (χ3n) is 2.74. The van der Waals surface area contributed by atoms with E-state index in [4.69, 9.17) is 10.7 Å². The van der Waals surface area contributed by atoms with Gasteiger partial charge in [0.25, 0.3) is 15.0 Å². The molecular formula is C10H16ClN3O5S2. The van der Waals surface area contributed by atoms with Crippen LogP contribution in [0.1, 0.15) is 30.0 Å². The first kappa shape index (κ1) is 17.9. The Morgan fingerprint density at radius 2 is 1.90 bits per heavy atom. The second kappa shape index (κ2) is 6.75. The van der Waals surface area contributed by atoms with Crippen LogP contribution >= 0.6 is 10.7 Å². The molecule has 0 aliphatic heterocycles. The molecule has 0 bridgehead atoms. The van der Waals surface area contributed by atoms with E-state index < -0.39 is 24.8 Å². The minimum Gasteiger partial charge on any atom is -0.350 e. The first-order valence-corrected chi connectivity index (χ1v) is 10.3. The number of nitrogens with one attached hydrogen (secondary N) is 2. The maximum atomic E-state index is 11.9. The van der Waals surface area contributed by atoms with Crippen LogP contribution in [0.3, 0.4) is 0 Å². The molecule has 0 atom stereocenters. The molecule has 0 aliphatic carbocycles. The lowest BCUT2D eigenvalue weighted by Gasteiger charge is -2.04. The van der Waals surface area contributed by atoms with E-state index in [-0.39, 0.29) is 34.3 Å². The second-order valence-corrected chi connectivity index (χ2v) is 9.14. The number of halogens is 1. The van der Waals surface area contributed by atoms with Crippen molar-refractivity contribution in [2.24, 2.45) is 0 Å². The van der Waals surface area contributed by atoms with Crippen molar-refractivity contribution in [1.82, 2.24) is 15.5 Å². The van der Waals surface area contributed by atoms with Gasteiger partial charge in [-0.1, -0.05) is 13.8 Å². The summed E-state index contributed by atoms with van der Waals surface area (Å²) in [5, 5.41) is 8.39. The number of nitrogens with zero attached hydrogens (tertiary/aromatic N) is 1. The highest BCUT2D eigenvalue weighted by molar-refractivity contribution is 8.13. The average Bonchev–Trinajstić information content (AvgIpc) is 2.82. The molecule has 0 spiro atoms. The van der Waals surface area contributed by atoms with Crippen molar-refractivity contribution in [3.8, 4) is 0 Å². The van der Waals surface area contributed by atoms with Gasteiger partial charge in [0, 0.05) is 23.0 Å². The van der Waals surface area contributed by atoms with Crippen molar-refractivity contribution in [3.05, 3.63) is 11.4 Å². The minimum absolute atomic E-state index is 0.0352. The highest BCUT2D eigenvalue weighted by Gasteiger charge is 2.27. The van der Waals surface area contributed by atoms with Crippen molar-refractivity contribution < 1.29 is 21.6 Å². The zero-order chi connectivity index (χ0) is 16.3. The van der Waals surface area contributed by atoms with E-state index in [1.165, 1.54) is 6.92 Å². The lowest BCUT2D eigenvalue weighted by atomic mass is 10.3. The largest absolute Gasteiger partial charge is 0.350 e. The van der Waals surface area contributed by atoms with Crippen molar-refractivity contribution in [2.75, 3.05) is 18.1 Å². The lowest BCUT2D eigenvalue weighted by molar-refractivity contribution is 0.0948. The summed E-state index contributed by atoms with van der Waals surface area (Å²) in [4.78, 5) is 11.5. The van der Waals surface area contributed by atoms with Gasteiger partial charge in [-0.05, 0) is 6.42 Å². The fraction of sp³-hybridized carbons (Fsp3) is 0.600. The highest BCUT2D eigenvalue weighted by Crippen LogP contribution is 2.22. The number of sulfone groups is 1. The maximum absolute atomic E-state index is 11.9. The molecule has 0 unspecified atom stereocenters. The molecule has 0 aromatic carbocycles. The summed E-state index contributed by atoms with van der Waals surface area (Å²) in [6.07, 6.45) is 0.297. The molecule has 21 heavy (non-hydrogen) atoms. The summed E-state index contributed by atoms with van der Waals surface area (Å²) in [5.41, 5.74) is -0.146. The highest BCUT2D eigenvalue weighted by atomic mass is 35.7. The molecule has 0 saturated heterocycles. The van der Waals surface area contributed by atoms with E-state index in [9.17, 15) is 21.6 Å². The van der Waals surface area contributed by atoms with E-state index >= 15 is 0 Å². The first-order chi connectivity index (χ1) is 9.62. The molecule has 0 aliphatic rings. The molecular weight excluding hydrogens is 342 g/mol. The summed E-state index contributed by atoms with van der Waals surface area (Å²) >= 11 is 0. The van der Waals surface area contributed by atoms with Crippen molar-refractivity contribution >= 4 is 35.5 Å². The number of carbonyl (C=O) groups is 1. The van der Waals surface area contributed by atoms with Gasteiger partial charge in [-0.3, -0.25) is 9.89 Å². The third-order valence-corrected chi connectivity index (χ3v) is 5.84. The molecule has 11 heteroatoms. The van der Waals surface area contributed by atoms with Gasteiger partial charge in [0.2, 0.25) is 0 Å². The number of H-pyrrole nitrogens is 1. The van der Waals surface area contributed by atoms with Gasteiger partial charge in [-0.2, -0.15) is 5.10 Å². The number of hydrogen-bond acceptors (Lipinski definition) is 6. The third kappa shape index (κ3) is 4.68. The quantitative estimate of drug-likeness (QED) is 0.665. The average molecular weight is 358 g/mol. The molecule has 0 radical (unpaired) electrons. The molecule has 1 heterocycles. The van der Waals surface area contributed by atoms with Crippen LogP contribution in [0.2, 0.25) is 0 Å². The Kier molecular flexibility index (Phi) is 5.76. The lowest BCUT2D eigenvalue weighted by Crippen LogP contribution is -2.30. The van der Waals surface area contributed by atoms with Gasteiger partial charge in [0.1, 0.15) is 4.90 Å². The van der Waals surface area contributed by atoms with Gasteiger partial charge in [0.15, 0.2) is 15.5 Å². The Bertz CT molecular complexity index is 724. The Balaban J connectivity index is 2.92. The van der Waals surface area contributed by atoms with E-state index in [1.54, 1.807) is 6.92 Å². The van der Waals surface area contributed by atoms with Gasteiger partial charge in [-0.25, -0.2) is 16.8 Å². The van der Waals surface area contributed by atoms with Gasteiger partial charge >= 0.3 is 0 Å². The van der Waals surface area contributed by atoms with Gasteiger partial charge < -0.3 is 5.32 Å². The molecule has 0 fully saturated rings. The standard InChI is InChI=1S/C10H16ClN3O5S2/c1-3-7-9(21(11,18)19)8(14-13-7)10(15)12-5-6-20(16,17)4-2/h3-6H2,1-2H3,(H,12,15)(H,13,14). The number of aromatic nitrogens is 2. The topological polar surface area (TPSA) is 126 Å². The SMILES string of the molecule is CCc1[nH]nc(C(=O)NCCS(=O)(=O)CC)c1S(=O)(=O)Cl. The predicted octanol–water partition coefficient (Wildman–Crippen LogP) is 0.0641. The fourth-order valence-electron chi connectivity index (χ4n) is 1.57. The van der Waals surface area contributed by atoms with Crippen molar-refractivity contribution in [3.63, 3.8) is 0 Å². The fourth-order valence-corrected chi connectivity index (χ4v) is 3.63. The molecule has 1 amide bonds. The Hall–Kier alpha value is -1.13. The second-order valence-electron chi connectivity index (χ2n) is 4.16. The summed E-state index contributed by atoms with van der Waals surface area (Å²) in [6, 6.07) is 0. The number of aryl methyl sites for hydroxylation is 1. The van der Waals surface area contributed by atoms with E-state index in [1.807, 2.05) is 0 Å². The number of aromatic amines is 1. The van der Waals surface area contributed by atoms with Gasteiger partial charge in [0.05, 0.1) is 11.4 Å². The number of hydrogen-bond donors (Lipinski definition) is 2. The normalized spacial score (nSPS) is 12.3. The molecule has 1 rings (SSSR count). The number of amides is 1. The van der Waals surface area contributed by atoms with Crippen LogP contribution in [0.5, 0.6) is 0 Å². The molecule has 1 aromatic rings. The van der Waals surface area contributed by atoms with Crippen LogP contribution in [0.15, 0.2) is 4.90 Å². The van der Waals surface area contributed by atoms with Crippen LogP contribution in [-0.2, 0) is 25.3 Å². The molecule has 1 aromatic heterocycles. The zero-order valence-corrected chi connectivity index (χ0v) is 13.9. The molecule has 120 valence electrons. The van der Waals surface area contributed by atoms with Crippen LogP contribution in [0.25, 0.3) is 0 Å². The Morgan fingerprint density at radius 3 is 2.38 bits per heavy atom. The van der Waals surface area contributed by atoms with Crippen LogP contribution in [0.4, 0.5) is 0 Å². The summed E-state index contributed by atoms with van der Waals surface area (Å²) in [6.45, 7) is 3.04. The summed E-state index contributed by atoms with van der Waals surface area (Å²) < 4.78 is 45.6. The number of rotatable bonds is 7.